The summed E-state index contributed by atoms with van der Waals surface area (Å²) in [7, 11) is 1.61. The fraction of sp³-hybridized carbons (Fsp3) is 0.250. The second-order valence-corrected chi connectivity index (χ2v) is 5.47. The predicted octanol–water partition coefficient (Wildman–Crippen LogP) is 3.24. The van der Waals surface area contributed by atoms with Crippen molar-refractivity contribution in [3.63, 3.8) is 0 Å². The molecule has 5 nitrogen and oxygen atoms in total. The number of carbonyl (C=O) groups is 1. The van der Waals surface area contributed by atoms with Gasteiger partial charge in [-0.25, -0.2) is 5.43 Å². The van der Waals surface area contributed by atoms with Gasteiger partial charge in [-0.3, -0.25) is 4.79 Å². The van der Waals surface area contributed by atoms with E-state index < -0.39 is 0 Å². The molecular formula is C16H16ClN3O2. The molecule has 0 bridgehead atoms. The summed E-state index contributed by atoms with van der Waals surface area (Å²) in [5.74, 6) is 0.527. The lowest BCUT2D eigenvalue weighted by Crippen LogP contribution is -2.19. The molecule has 114 valence electrons. The Bertz CT molecular complexity index is 735. The van der Waals surface area contributed by atoms with Crippen molar-refractivity contribution < 1.29 is 9.53 Å². The maximum Gasteiger partial charge on any atom is 0.275 e. The van der Waals surface area contributed by atoms with Crippen molar-refractivity contribution in [1.82, 2.24) is 5.43 Å². The summed E-state index contributed by atoms with van der Waals surface area (Å²) >= 11 is 6.38. The Morgan fingerprint density at radius 3 is 2.91 bits per heavy atom. The molecule has 2 aliphatic heterocycles. The summed E-state index contributed by atoms with van der Waals surface area (Å²) in [6.07, 6.45) is 3.41. The average Bonchev–Trinajstić information content (AvgIpc) is 2.88. The van der Waals surface area contributed by atoms with Crippen molar-refractivity contribution in [2.75, 3.05) is 12.4 Å². The Balaban J connectivity index is 2.05. The Morgan fingerprint density at radius 2 is 2.18 bits per heavy atom. The molecule has 2 aliphatic rings. The van der Waals surface area contributed by atoms with Crippen LogP contribution in [0.25, 0.3) is 5.03 Å². The quantitative estimate of drug-likeness (QED) is 0.841. The highest BCUT2D eigenvalue weighted by Gasteiger charge is 2.27. The minimum atomic E-state index is -0.205. The van der Waals surface area contributed by atoms with Crippen LogP contribution >= 0.6 is 11.6 Å². The molecule has 2 N–H and O–H groups in total. The van der Waals surface area contributed by atoms with Crippen molar-refractivity contribution in [2.24, 2.45) is 5.10 Å². The third-order valence-electron chi connectivity index (χ3n) is 3.59. The van der Waals surface area contributed by atoms with Gasteiger partial charge in [-0.2, -0.15) is 5.10 Å². The zero-order valence-electron chi connectivity index (χ0n) is 12.4. The maximum absolute atomic E-state index is 12.1. The molecule has 3 rings (SSSR count). The van der Waals surface area contributed by atoms with Gasteiger partial charge in [0.05, 0.1) is 29.1 Å². The van der Waals surface area contributed by atoms with Crippen LogP contribution in [0.2, 0.25) is 0 Å². The van der Waals surface area contributed by atoms with Crippen LogP contribution < -0.4 is 15.5 Å². The fourth-order valence-corrected chi connectivity index (χ4v) is 2.80. The second-order valence-electron chi connectivity index (χ2n) is 5.07. The number of amides is 1. The van der Waals surface area contributed by atoms with Gasteiger partial charge in [-0.1, -0.05) is 24.9 Å². The zero-order valence-corrected chi connectivity index (χ0v) is 13.1. The third kappa shape index (κ3) is 2.48. The Morgan fingerprint density at radius 1 is 1.36 bits per heavy atom. The van der Waals surface area contributed by atoms with Crippen LogP contribution in [0.15, 0.2) is 40.6 Å². The standard InChI is InChI=1S/C16H16ClN3O2/c1-3-4-13-15(16(21)20-19-13)14-8-11(17)10-7-9(22-2)5-6-12(10)18-14/h5-8,18H,3-4H2,1-2H3,(H,20,21)/b15-14-. The second kappa shape index (κ2) is 5.85. The molecule has 0 aromatic heterocycles. The number of carbonyl (C=O) groups excluding carboxylic acids is 1. The molecule has 0 aliphatic carbocycles. The molecule has 1 amide bonds. The zero-order chi connectivity index (χ0) is 15.7. The maximum atomic E-state index is 12.1. The molecule has 2 heterocycles. The van der Waals surface area contributed by atoms with Crippen molar-refractivity contribution >= 4 is 33.9 Å². The number of ether oxygens (including phenoxy) is 1. The molecule has 22 heavy (non-hydrogen) atoms. The first kappa shape index (κ1) is 14.7. The number of fused-ring (bicyclic) bond motifs is 1. The van der Waals surface area contributed by atoms with E-state index in [4.69, 9.17) is 16.3 Å². The number of hydrogen-bond acceptors (Lipinski definition) is 4. The number of halogens is 1. The first-order chi connectivity index (χ1) is 10.6. The highest BCUT2D eigenvalue weighted by Crippen LogP contribution is 2.37. The van der Waals surface area contributed by atoms with Gasteiger partial charge in [0.2, 0.25) is 0 Å². The third-order valence-corrected chi connectivity index (χ3v) is 3.90. The van der Waals surface area contributed by atoms with E-state index in [0.717, 1.165) is 35.6 Å². The first-order valence-electron chi connectivity index (χ1n) is 7.08. The van der Waals surface area contributed by atoms with Crippen LogP contribution in [0.3, 0.4) is 0 Å². The number of allylic oxidation sites excluding steroid dienone is 1. The van der Waals surface area contributed by atoms with Gasteiger partial charge in [0.1, 0.15) is 5.75 Å². The van der Waals surface area contributed by atoms with Crippen LogP contribution in [0.1, 0.15) is 25.3 Å². The molecular weight excluding hydrogens is 302 g/mol. The van der Waals surface area contributed by atoms with E-state index in [1.165, 1.54) is 0 Å². The number of benzene rings is 1. The van der Waals surface area contributed by atoms with Gasteiger partial charge in [-0.05, 0) is 30.7 Å². The van der Waals surface area contributed by atoms with E-state index in [1.54, 1.807) is 13.2 Å². The molecule has 0 radical (unpaired) electrons. The lowest BCUT2D eigenvalue weighted by molar-refractivity contribution is -0.116. The van der Waals surface area contributed by atoms with Crippen molar-refractivity contribution in [3.8, 4) is 5.75 Å². The van der Waals surface area contributed by atoms with Gasteiger partial charge in [0.15, 0.2) is 0 Å². The average molecular weight is 318 g/mol. The molecule has 0 saturated heterocycles. The van der Waals surface area contributed by atoms with Crippen LogP contribution in [-0.2, 0) is 4.79 Å². The van der Waals surface area contributed by atoms with Crippen LogP contribution in [0.4, 0.5) is 5.69 Å². The van der Waals surface area contributed by atoms with E-state index in [0.29, 0.717) is 16.3 Å². The van der Waals surface area contributed by atoms with Gasteiger partial charge in [0.25, 0.3) is 5.91 Å². The van der Waals surface area contributed by atoms with Crippen LogP contribution in [-0.4, -0.2) is 18.7 Å². The first-order valence-corrected chi connectivity index (χ1v) is 7.46. The Labute approximate surface area is 133 Å². The molecule has 1 aromatic rings. The molecule has 6 heteroatoms. The number of nitrogens with one attached hydrogen (secondary N) is 2. The molecule has 1 aromatic carbocycles. The highest BCUT2D eigenvalue weighted by atomic mass is 35.5. The van der Waals surface area contributed by atoms with E-state index >= 15 is 0 Å². The smallest absolute Gasteiger partial charge is 0.275 e. The number of methoxy groups -OCH3 is 1. The lowest BCUT2D eigenvalue weighted by atomic mass is 10.00. The van der Waals surface area contributed by atoms with Crippen LogP contribution in [0.5, 0.6) is 5.75 Å². The van der Waals surface area contributed by atoms with Gasteiger partial charge in [0, 0.05) is 11.3 Å². The van der Waals surface area contributed by atoms with Crippen molar-refractivity contribution in [3.05, 3.63) is 41.1 Å². The van der Waals surface area contributed by atoms with E-state index in [9.17, 15) is 4.79 Å². The molecule has 0 saturated carbocycles. The number of hydrogen-bond donors (Lipinski definition) is 2. The Hall–Kier alpha value is -2.27. The normalized spacial score (nSPS) is 19.9. The highest BCUT2D eigenvalue weighted by molar-refractivity contribution is 6.50. The summed E-state index contributed by atoms with van der Waals surface area (Å²) in [5, 5.41) is 7.92. The fourth-order valence-electron chi connectivity index (χ4n) is 2.53. The number of rotatable bonds is 3. The monoisotopic (exact) mass is 317 g/mol. The molecule has 0 fully saturated rings. The largest absolute Gasteiger partial charge is 0.497 e. The molecule has 0 spiro atoms. The lowest BCUT2D eigenvalue weighted by Gasteiger charge is -2.20. The summed E-state index contributed by atoms with van der Waals surface area (Å²) in [4.78, 5) is 12.1. The topological polar surface area (TPSA) is 62.7 Å². The van der Waals surface area contributed by atoms with Gasteiger partial charge >= 0.3 is 0 Å². The van der Waals surface area contributed by atoms with E-state index in [-0.39, 0.29) is 5.91 Å². The van der Waals surface area contributed by atoms with E-state index in [2.05, 4.69) is 15.8 Å². The SMILES string of the molecule is CCCC1=NNC(=O)/C1=C1/C=C(Cl)c2cc(OC)ccc2N1. The molecule has 0 unspecified atom stereocenters. The van der Waals surface area contributed by atoms with Gasteiger partial charge < -0.3 is 10.1 Å². The minimum Gasteiger partial charge on any atom is -0.497 e. The predicted molar refractivity (Wildman–Crippen MR) is 88.0 cm³/mol. The van der Waals surface area contributed by atoms with Crippen molar-refractivity contribution in [1.29, 1.82) is 0 Å². The summed E-state index contributed by atoms with van der Waals surface area (Å²) in [5.41, 5.74) is 6.19. The summed E-state index contributed by atoms with van der Waals surface area (Å²) < 4.78 is 5.21. The van der Waals surface area contributed by atoms with Crippen LogP contribution in [0, 0.1) is 0 Å². The summed E-state index contributed by atoms with van der Waals surface area (Å²) in [6.45, 7) is 2.05. The molecule has 0 atom stereocenters. The minimum absolute atomic E-state index is 0.205. The number of nitrogens with zero attached hydrogens (tertiary/aromatic N) is 1. The number of anilines is 1. The Kier molecular flexibility index (Phi) is 3.90. The van der Waals surface area contributed by atoms with Gasteiger partial charge in [-0.15, -0.1) is 0 Å². The van der Waals surface area contributed by atoms with Crippen molar-refractivity contribution in [2.45, 2.75) is 19.8 Å². The van der Waals surface area contributed by atoms with E-state index in [1.807, 2.05) is 25.1 Å². The summed E-state index contributed by atoms with van der Waals surface area (Å²) in [6, 6.07) is 5.59. The number of hydrazone groups is 1.